The summed E-state index contributed by atoms with van der Waals surface area (Å²) in [6.07, 6.45) is 5.27. The smallest absolute Gasteiger partial charge is 0.324 e. The summed E-state index contributed by atoms with van der Waals surface area (Å²) in [5, 5.41) is 0. The number of hydrogen-bond acceptors (Lipinski definition) is 9. The van der Waals surface area contributed by atoms with Crippen LogP contribution in [0.5, 0.6) is 17.9 Å². The number of hydrogen-bond donors (Lipinski definition) is 0. The third-order valence-corrected chi connectivity index (χ3v) is 4.14. The molecule has 0 aliphatic carbocycles. The molecule has 0 unspecified atom stereocenters. The van der Waals surface area contributed by atoms with Gasteiger partial charge >= 0.3 is 12.0 Å². The van der Waals surface area contributed by atoms with Crippen LogP contribution in [0.15, 0.2) is 12.4 Å². The van der Waals surface area contributed by atoms with Crippen molar-refractivity contribution in [3.63, 3.8) is 0 Å². The van der Waals surface area contributed by atoms with Gasteiger partial charge in [0.1, 0.15) is 0 Å². The van der Waals surface area contributed by atoms with Gasteiger partial charge in [0.05, 0.1) is 26.5 Å². The van der Waals surface area contributed by atoms with E-state index in [1.54, 1.807) is 12.4 Å². The number of rotatable bonds is 6. The standard InChI is InChI=1S/C16H22N6O3/c1-11-13(18-7-6-17-11)25-10-12-4-8-22(9-5-12)14-19-15(23-2)21-16(20-14)24-3/h6-7,12H,4-5,8-10H2,1-3H3. The molecule has 0 saturated carbocycles. The van der Waals surface area contributed by atoms with E-state index >= 15 is 0 Å². The molecule has 9 nitrogen and oxygen atoms in total. The summed E-state index contributed by atoms with van der Waals surface area (Å²) >= 11 is 0. The van der Waals surface area contributed by atoms with Crippen molar-refractivity contribution in [2.45, 2.75) is 19.8 Å². The van der Waals surface area contributed by atoms with Crippen LogP contribution in [-0.4, -0.2) is 58.8 Å². The number of methoxy groups -OCH3 is 2. The van der Waals surface area contributed by atoms with Gasteiger partial charge in [-0.2, -0.15) is 9.97 Å². The lowest BCUT2D eigenvalue weighted by Gasteiger charge is -2.31. The molecule has 25 heavy (non-hydrogen) atoms. The first-order valence-corrected chi connectivity index (χ1v) is 8.19. The zero-order chi connectivity index (χ0) is 17.6. The van der Waals surface area contributed by atoms with Crippen molar-refractivity contribution in [1.29, 1.82) is 0 Å². The number of anilines is 1. The van der Waals surface area contributed by atoms with Crippen molar-refractivity contribution in [1.82, 2.24) is 24.9 Å². The van der Waals surface area contributed by atoms with Crippen LogP contribution in [0.2, 0.25) is 0 Å². The van der Waals surface area contributed by atoms with Gasteiger partial charge in [0, 0.05) is 25.5 Å². The highest BCUT2D eigenvalue weighted by Crippen LogP contribution is 2.24. The zero-order valence-electron chi connectivity index (χ0n) is 14.7. The van der Waals surface area contributed by atoms with Crippen LogP contribution in [0, 0.1) is 12.8 Å². The lowest BCUT2D eigenvalue weighted by Crippen LogP contribution is -2.36. The van der Waals surface area contributed by atoms with E-state index in [2.05, 4.69) is 29.8 Å². The number of nitrogens with zero attached hydrogens (tertiary/aromatic N) is 6. The molecule has 1 aliphatic heterocycles. The molecule has 1 aliphatic rings. The molecule has 0 radical (unpaired) electrons. The number of aryl methyl sites for hydroxylation is 1. The minimum Gasteiger partial charge on any atom is -0.476 e. The summed E-state index contributed by atoms with van der Waals surface area (Å²) in [5.74, 6) is 1.65. The molecule has 134 valence electrons. The average Bonchev–Trinajstić information content (AvgIpc) is 2.67. The van der Waals surface area contributed by atoms with Crippen molar-refractivity contribution >= 4 is 5.95 Å². The summed E-state index contributed by atoms with van der Waals surface area (Å²) in [6.45, 7) is 4.21. The van der Waals surface area contributed by atoms with E-state index in [1.807, 2.05) is 6.92 Å². The maximum Gasteiger partial charge on any atom is 0.324 e. The Hall–Kier alpha value is -2.71. The molecule has 0 amide bonds. The SMILES string of the molecule is COc1nc(OC)nc(N2CCC(COc3nccnc3C)CC2)n1. The van der Waals surface area contributed by atoms with Gasteiger partial charge in [0.2, 0.25) is 11.8 Å². The van der Waals surface area contributed by atoms with Gasteiger partial charge in [-0.15, -0.1) is 4.98 Å². The zero-order valence-corrected chi connectivity index (χ0v) is 14.7. The van der Waals surface area contributed by atoms with Crippen LogP contribution in [-0.2, 0) is 0 Å². The molecule has 9 heteroatoms. The van der Waals surface area contributed by atoms with Gasteiger partial charge in [-0.3, -0.25) is 4.98 Å². The van der Waals surface area contributed by atoms with Crippen molar-refractivity contribution in [2.24, 2.45) is 5.92 Å². The Labute approximate surface area is 146 Å². The monoisotopic (exact) mass is 346 g/mol. The molecule has 1 fully saturated rings. The molecule has 3 heterocycles. The van der Waals surface area contributed by atoms with Crippen molar-refractivity contribution in [2.75, 3.05) is 38.8 Å². The van der Waals surface area contributed by atoms with Crippen LogP contribution in [0.3, 0.4) is 0 Å². The van der Waals surface area contributed by atoms with Gasteiger partial charge in [-0.1, -0.05) is 0 Å². The summed E-state index contributed by atoms with van der Waals surface area (Å²) < 4.78 is 16.0. The predicted molar refractivity (Wildman–Crippen MR) is 90.1 cm³/mol. The quantitative estimate of drug-likeness (QED) is 0.766. The number of piperidine rings is 1. The number of aromatic nitrogens is 5. The normalized spacial score (nSPS) is 15.1. The molecule has 2 aromatic heterocycles. The maximum atomic E-state index is 5.82. The van der Waals surface area contributed by atoms with E-state index in [0.29, 0.717) is 24.4 Å². The third-order valence-electron chi connectivity index (χ3n) is 4.14. The Morgan fingerprint density at radius 1 is 1.00 bits per heavy atom. The van der Waals surface area contributed by atoms with Crippen molar-refractivity contribution in [3.8, 4) is 17.9 Å². The summed E-state index contributed by atoms with van der Waals surface area (Å²) in [4.78, 5) is 23.1. The molecule has 0 N–H and O–H groups in total. The molecule has 2 aromatic rings. The second-order valence-corrected chi connectivity index (χ2v) is 5.80. The molecule has 0 spiro atoms. The van der Waals surface area contributed by atoms with E-state index in [4.69, 9.17) is 14.2 Å². The third kappa shape index (κ3) is 4.23. The number of ether oxygens (including phenoxy) is 3. The van der Waals surface area contributed by atoms with Gasteiger partial charge < -0.3 is 19.1 Å². The van der Waals surface area contributed by atoms with Gasteiger partial charge in [0.25, 0.3) is 0 Å². The molecule has 3 rings (SSSR count). The Kier molecular flexibility index (Phi) is 5.42. The largest absolute Gasteiger partial charge is 0.476 e. The first-order chi connectivity index (χ1) is 12.2. The Morgan fingerprint density at radius 2 is 1.64 bits per heavy atom. The van der Waals surface area contributed by atoms with Crippen LogP contribution in [0.4, 0.5) is 5.95 Å². The Morgan fingerprint density at radius 3 is 2.24 bits per heavy atom. The van der Waals surface area contributed by atoms with Crippen molar-refractivity contribution in [3.05, 3.63) is 18.1 Å². The fraction of sp³-hybridized carbons (Fsp3) is 0.562. The van der Waals surface area contributed by atoms with E-state index in [9.17, 15) is 0 Å². The molecular formula is C16H22N6O3. The first-order valence-electron chi connectivity index (χ1n) is 8.19. The molecule has 0 aromatic carbocycles. The Balaban J connectivity index is 1.56. The molecule has 0 bridgehead atoms. The highest BCUT2D eigenvalue weighted by atomic mass is 16.5. The Bertz CT molecular complexity index is 684. The van der Waals surface area contributed by atoms with Crippen LogP contribution < -0.4 is 19.1 Å². The summed E-state index contributed by atoms with van der Waals surface area (Å²) in [5.41, 5.74) is 0.810. The molecule has 0 atom stereocenters. The van der Waals surface area contributed by atoms with Gasteiger partial charge in [-0.25, -0.2) is 4.98 Å². The van der Waals surface area contributed by atoms with E-state index < -0.39 is 0 Å². The lowest BCUT2D eigenvalue weighted by atomic mass is 9.98. The lowest BCUT2D eigenvalue weighted by molar-refractivity contribution is 0.213. The minimum atomic E-state index is 0.255. The fourth-order valence-electron chi connectivity index (χ4n) is 2.68. The summed E-state index contributed by atoms with van der Waals surface area (Å²) in [6, 6.07) is 0.510. The van der Waals surface area contributed by atoms with Gasteiger partial charge in [-0.05, 0) is 25.7 Å². The second-order valence-electron chi connectivity index (χ2n) is 5.80. The van der Waals surface area contributed by atoms with Crippen molar-refractivity contribution < 1.29 is 14.2 Å². The highest BCUT2D eigenvalue weighted by molar-refractivity contribution is 5.32. The first kappa shape index (κ1) is 17.1. The maximum absolute atomic E-state index is 5.82. The molecular weight excluding hydrogens is 324 g/mol. The average molecular weight is 346 g/mol. The van der Waals surface area contributed by atoms with Gasteiger partial charge in [0.15, 0.2) is 0 Å². The van der Waals surface area contributed by atoms with E-state index in [1.165, 1.54) is 14.2 Å². The van der Waals surface area contributed by atoms with Crippen LogP contribution >= 0.6 is 0 Å². The molecule has 1 saturated heterocycles. The second kappa shape index (κ2) is 7.91. The topological polar surface area (TPSA) is 95.4 Å². The van der Waals surface area contributed by atoms with Crippen LogP contribution in [0.25, 0.3) is 0 Å². The predicted octanol–water partition coefficient (Wildman–Crippen LogP) is 1.28. The fourth-order valence-corrected chi connectivity index (χ4v) is 2.68. The minimum absolute atomic E-state index is 0.255. The highest BCUT2D eigenvalue weighted by Gasteiger charge is 2.23. The van der Waals surface area contributed by atoms with E-state index in [0.717, 1.165) is 31.6 Å². The summed E-state index contributed by atoms with van der Waals surface area (Å²) in [7, 11) is 3.05. The van der Waals surface area contributed by atoms with E-state index in [-0.39, 0.29) is 12.0 Å². The van der Waals surface area contributed by atoms with Crippen LogP contribution in [0.1, 0.15) is 18.5 Å².